The zero-order valence-electron chi connectivity index (χ0n) is 12.5. The van der Waals surface area contributed by atoms with Gasteiger partial charge in [0.15, 0.2) is 0 Å². The quantitative estimate of drug-likeness (QED) is 0.722. The molecule has 0 spiro atoms. The number of urea groups is 1. The molecule has 1 rings (SSSR count). The van der Waals surface area contributed by atoms with Gasteiger partial charge >= 0.3 is 12.0 Å². The van der Waals surface area contributed by atoms with Crippen LogP contribution in [0.25, 0.3) is 0 Å². The average molecular weight is 287 g/mol. The van der Waals surface area contributed by atoms with Crippen LogP contribution in [0, 0.1) is 5.41 Å². The second kappa shape index (κ2) is 7.44. The summed E-state index contributed by atoms with van der Waals surface area (Å²) >= 11 is 0. The number of carboxylic acid groups (broad SMARTS) is 1. The van der Waals surface area contributed by atoms with E-state index in [0.717, 1.165) is 6.54 Å². The van der Waals surface area contributed by atoms with Crippen LogP contribution < -0.4 is 5.32 Å². The lowest BCUT2D eigenvalue weighted by atomic mass is 9.80. The summed E-state index contributed by atoms with van der Waals surface area (Å²) in [6.45, 7) is 2.37. The number of hydrogen-bond acceptors (Lipinski definition) is 4. The number of rotatable bonds is 6. The summed E-state index contributed by atoms with van der Waals surface area (Å²) < 4.78 is 5.20. The standard InChI is InChI=1S/C13H25N3O4/c1-15(2)6-7-16(3)12(19)14-10-13(11(17)18)4-8-20-9-5-13/h4-10H2,1-3H3,(H,14,19)(H,17,18). The number of nitrogens with zero attached hydrogens (tertiary/aromatic N) is 2. The largest absolute Gasteiger partial charge is 0.481 e. The van der Waals surface area contributed by atoms with Crippen LogP contribution in [0.5, 0.6) is 0 Å². The van der Waals surface area contributed by atoms with Crippen molar-refractivity contribution < 1.29 is 19.4 Å². The predicted molar refractivity (Wildman–Crippen MR) is 74.7 cm³/mol. The van der Waals surface area contributed by atoms with Crippen molar-refractivity contribution in [1.82, 2.24) is 15.1 Å². The SMILES string of the molecule is CN(C)CCN(C)C(=O)NCC1(C(=O)O)CCOCC1. The first-order chi connectivity index (χ1) is 9.37. The van der Waals surface area contributed by atoms with E-state index in [1.165, 1.54) is 0 Å². The van der Waals surface area contributed by atoms with Crippen molar-refractivity contribution >= 4 is 12.0 Å². The highest BCUT2D eigenvalue weighted by Crippen LogP contribution is 2.30. The van der Waals surface area contributed by atoms with Gasteiger partial charge in [-0.05, 0) is 26.9 Å². The molecule has 2 N–H and O–H groups in total. The Morgan fingerprint density at radius 2 is 1.80 bits per heavy atom. The highest BCUT2D eigenvalue weighted by atomic mass is 16.5. The lowest BCUT2D eigenvalue weighted by molar-refractivity contribution is -0.154. The van der Waals surface area contributed by atoms with Crippen molar-refractivity contribution in [3.8, 4) is 0 Å². The topological polar surface area (TPSA) is 82.1 Å². The first-order valence-corrected chi connectivity index (χ1v) is 6.82. The fourth-order valence-corrected chi connectivity index (χ4v) is 2.06. The first kappa shape index (κ1) is 16.7. The molecule has 0 aromatic heterocycles. The van der Waals surface area contributed by atoms with Crippen molar-refractivity contribution in [1.29, 1.82) is 0 Å². The number of amides is 2. The van der Waals surface area contributed by atoms with Gasteiger partial charge in [0.1, 0.15) is 0 Å². The van der Waals surface area contributed by atoms with Crippen LogP contribution in [-0.2, 0) is 9.53 Å². The van der Waals surface area contributed by atoms with Crippen LogP contribution >= 0.6 is 0 Å². The molecule has 0 aromatic carbocycles. The second-order valence-electron chi connectivity index (χ2n) is 5.58. The third kappa shape index (κ3) is 4.64. The fraction of sp³-hybridized carbons (Fsp3) is 0.846. The van der Waals surface area contributed by atoms with Gasteiger partial charge < -0.3 is 25.0 Å². The van der Waals surface area contributed by atoms with Gasteiger partial charge in [-0.2, -0.15) is 0 Å². The van der Waals surface area contributed by atoms with Crippen molar-refractivity contribution in [2.75, 3.05) is 54.0 Å². The lowest BCUT2D eigenvalue weighted by Crippen LogP contribution is -2.49. The summed E-state index contributed by atoms with van der Waals surface area (Å²) in [4.78, 5) is 26.9. The smallest absolute Gasteiger partial charge is 0.317 e. The molecule has 0 radical (unpaired) electrons. The number of carbonyl (C=O) groups is 2. The van der Waals surface area contributed by atoms with Crippen molar-refractivity contribution in [3.63, 3.8) is 0 Å². The molecule has 2 amide bonds. The molecule has 1 fully saturated rings. The number of nitrogens with one attached hydrogen (secondary N) is 1. The van der Waals surface area contributed by atoms with Gasteiger partial charge in [-0.15, -0.1) is 0 Å². The maximum Gasteiger partial charge on any atom is 0.317 e. The van der Waals surface area contributed by atoms with Gasteiger partial charge in [0.25, 0.3) is 0 Å². The molecule has 0 unspecified atom stereocenters. The van der Waals surface area contributed by atoms with E-state index in [0.29, 0.717) is 32.6 Å². The number of aliphatic carboxylic acids is 1. The molecule has 0 saturated carbocycles. The molecule has 1 saturated heterocycles. The third-order valence-electron chi connectivity index (χ3n) is 3.71. The minimum absolute atomic E-state index is 0.150. The molecular formula is C13H25N3O4. The molecule has 1 aliphatic rings. The Hall–Kier alpha value is -1.34. The Balaban J connectivity index is 2.46. The molecule has 7 heteroatoms. The van der Waals surface area contributed by atoms with E-state index in [1.54, 1.807) is 11.9 Å². The minimum Gasteiger partial charge on any atom is -0.481 e. The van der Waals surface area contributed by atoms with E-state index >= 15 is 0 Å². The highest BCUT2D eigenvalue weighted by Gasteiger charge is 2.40. The Labute approximate surface area is 119 Å². The summed E-state index contributed by atoms with van der Waals surface area (Å²) in [6.07, 6.45) is 0.869. The van der Waals surface area contributed by atoms with Crippen molar-refractivity contribution in [2.45, 2.75) is 12.8 Å². The third-order valence-corrected chi connectivity index (χ3v) is 3.71. The number of ether oxygens (including phenoxy) is 1. The zero-order valence-corrected chi connectivity index (χ0v) is 12.5. The fourth-order valence-electron chi connectivity index (χ4n) is 2.06. The van der Waals surface area contributed by atoms with Gasteiger partial charge in [-0.1, -0.05) is 0 Å². The van der Waals surface area contributed by atoms with Crippen molar-refractivity contribution in [2.24, 2.45) is 5.41 Å². The molecule has 116 valence electrons. The molecule has 0 atom stereocenters. The first-order valence-electron chi connectivity index (χ1n) is 6.82. The lowest BCUT2D eigenvalue weighted by Gasteiger charge is -2.33. The van der Waals surface area contributed by atoms with Gasteiger partial charge in [-0.25, -0.2) is 4.79 Å². The monoisotopic (exact) mass is 287 g/mol. The van der Waals surface area contributed by atoms with Crippen LogP contribution in [0.1, 0.15) is 12.8 Å². The molecule has 0 bridgehead atoms. The number of hydrogen-bond donors (Lipinski definition) is 2. The normalized spacial score (nSPS) is 17.8. The maximum absolute atomic E-state index is 11.9. The van der Waals surface area contributed by atoms with E-state index in [4.69, 9.17) is 4.74 Å². The van der Waals surface area contributed by atoms with Crippen LogP contribution in [0.2, 0.25) is 0 Å². The molecule has 0 aromatic rings. The second-order valence-corrected chi connectivity index (χ2v) is 5.58. The zero-order chi connectivity index (χ0) is 15.2. The molecule has 7 nitrogen and oxygen atoms in total. The summed E-state index contributed by atoms with van der Waals surface area (Å²) in [5.41, 5.74) is -0.893. The Bertz CT molecular complexity index is 341. The molecule has 1 heterocycles. The van der Waals surface area contributed by atoms with E-state index in [1.807, 2.05) is 19.0 Å². The maximum atomic E-state index is 11.9. The van der Waals surface area contributed by atoms with Gasteiger partial charge in [0.2, 0.25) is 0 Å². The van der Waals surface area contributed by atoms with E-state index < -0.39 is 11.4 Å². The molecule has 0 aliphatic carbocycles. The molecule has 20 heavy (non-hydrogen) atoms. The summed E-state index contributed by atoms with van der Waals surface area (Å²) in [5, 5.41) is 12.1. The summed E-state index contributed by atoms with van der Waals surface area (Å²) in [5.74, 6) is -0.864. The molecule has 1 aliphatic heterocycles. The molecular weight excluding hydrogens is 262 g/mol. The van der Waals surface area contributed by atoms with E-state index in [2.05, 4.69) is 5.32 Å². The average Bonchev–Trinajstić information content (AvgIpc) is 2.42. The van der Waals surface area contributed by atoms with Crippen LogP contribution in [0.15, 0.2) is 0 Å². The van der Waals surface area contributed by atoms with Gasteiger partial charge in [-0.3, -0.25) is 4.79 Å². The number of likely N-dealkylation sites (N-methyl/N-ethyl adjacent to an activating group) is 2. The Morgan fingerprint density at radius 3 is 2.30 bits per heavy atom. The minimum atomic E-state index is -0.893. The van der Waals surface area contributed by atoms with Gasteiger partial charge in [0, 0.05) is 39.9 Å². The van der Waals surface area contributed by atoms with E-state index in [9.17, 15) is 14.7 Å². The summed E-state index contributed by atoms with van der Waals surface area (Å²) in [6, 6.07) is -0.237. The van der Waals surface area contributed by atoms with Crippen molar-refractivity contribution in [3.05, 3.63) is 0 Å². The van der Waals surface area contributed by atoms with Crippen LogP contribution in [0.4, 0.5) is 4.79 Å². The van der Waals surface area contributed by atoms with E-state index in [-0.39, 0.29) is 12.6 Å². The highest BCUT2D eigenvalue weighted by molar-refractivity contribution is 5.78. The predicted octanol–water partition coefficient (Wildman–Crippen LogP) is 0.0708. The number of carboxylic acids is 1. The number of carbonyl (C=O) groups excluding carboxylic acids is 1. The Morgan fingerprint density at radius 1 is 1.20 bits per heavy atom. The van der Waals surface area contributed by atoms with Crippen LogP contribution in [0.3, 0.4) is 0 Å². The van der Waals surface area contributed by atoms with Gasteiger partial charge in [0.05, 0.1) is 5.41 Å². The van der Waals surface area contributed by atoms with Crippen LogP contribution in [-0.4, -0.2) is 80.9 Å². The Kier molecular flexibility index (Phi) is 6.22. The summed E-state index contributed by atoms with van der Waals surface area (Å²) in [7, 11) is 5.58.